The summed E-state index contributed by atoms with van der Waals surface area (Å²) >= 11 is 0. The Morgan fingerprint density at radius 1 is 1.09 bits per heavy atom. The lowest BCUT2D eigenvalue weighted by Crippen LogP contribution is -2.32. The highest BCUT2D eigenvalue weighted by molar-refractivity contribution is 5.99. The van der Waals surface area contributed by atoms with Crippen LogP contribution in [0.4, 0.5) is 20.7 Å². The number of aromatic nitrogens is 1. The van der Waals surface area contributed by atoms with E-state index < -0.39 is 0 Å². The van der Waals surface area contributed by atoms with Crippen molar-refractivity contribution >= 4 is 17.5 Å². The van der Waals surface area contributed by atoms with Gasteiger partial charge in [0.15, 0.2) is 5.82 Å². The minimum Gasteiger partial charge on any atom is -0.497 e. The molecule has 0 saturated carbocycles. The predicted octanol–water partition coefficient (Wildman–Crippen LogP) is 5.68. The monoisotopic (exact) mass is 460 g/mol. The summed E-state index contributed by atoms with van der Waals surface area (Å²) in [6.45, 7) is 7.09. The third-order valence-corrected chi connectivity index (χ3v) is 6.73. The topological polar surface area (TPSA) is 57.7 Å². The van der Waals surface area contributed by atoms with Gasteiger partial charge in [0.1, 0.15) is 11.6 Å². The summed E-state index contributed by atoms with van der Waals surface area (Å²) in [6.07, 6.45) is 2.71. The number of halogens is 1. The van der Waals surface area contributed by atoms with Crippen molar-refractivity contribution in [3.8, 4) is 16.9 Å². The van der Waals surface area contributed by atoms with E-state index >= 15 is 0 Å². The average molecular weight is 461 g/mol. The quantitative estimate of drug-likeness (QED) is 0.544. The highest BCUT2D eigenvalue weighted by Crippen LogP contribution is 2.40. The molecule has 1 fully saturated rings. The Hall–Kier alpha value is -3.61. The van der Waals surface area contributed by atoms with Crippen molar-refractivity contribution in [1.29, 1.82) is 0 Å². The molecule has 3 heterocycles. The van der Waals surface area contributed by atoms with E-state index in [4.69, 9.17) is 4.74 Å². The van der Waals surface area contributed by atoms with Crippen molar-refractivity contribution in [3.63, 3.8) is 0 Å². The van der Waals surface area contributed by atoms with E-state index in [1.807, 2.05) is 18.2 Å². The van der Waals surface area contributed by atoms with Crippen LogP contribution in [0.5, 0.6) is 5.75 Å². The molecule has 7 heteroatoms. The van der Waals surface area contributed by atoms with E-state index in [1.54, 1.807) is 42.5 Å². The summed E-state index contributed by atoms with van der Waals surface area (Å²) in [5.41, 5.74) is 3.92. The van der Waals surface area contributed by atoms with Crippen LogP contribution in [-0.4, -0.2) is 36.1 Å². The first-order chi connectivity index (χ1) is 16.3. The summed E-state index contributed by atoms with van der Waals surface area (Å²) < 4.78 is 20.1. The van der Waals surface area contributed by atoms with Gasteiger partial charge in [0.25, 0.3) is 0 Å². The highest BCUT2D eigenvalue weighted by atomic mass is 19.1. The fourth-order valence-electron chi connectivity index (χ4n) is 4.84. The molecule has 34 heavy (non-hydrogen) atoms. The first-order valence-electron chi connectivity index (χ1n) is 11.6. The lowest BCUT2D eigenvalue weighted by molar-refractivity contribution is 0.212. The molecule has 2 aromatic carbocycles. The number of hydrogen-bond acceptors (Lipinski definition) is 4. The number of anilines is 2. The number of hydrogen-bond donors (Lipinski definition) is 1. The molecule has 0 unspecified atom stereocenters. The number of benzene rings is 2. The van der Waals surface area contributed by atoms with Gasteiger partial charge < -0.3 is 19.9 Å². The Balaban J connectivity index is 1.49. The zero-order valence-electron chi connectivity index (χ0n) is 19.8. The normalized spacial score (nSPS) is 16.5. The summed E-state index contributed by atoms with van der Waals surface area (Å²) in [5, 5.41) is 3.10. The van der Waals surface area contributed by atoms with Crippen LogP contribution >= 0.6 is 0 Å². The number of nitrogens with zero attached hydrogens (tertiary/aromatic N) is 3. The van der Waals surface area contributed by atoms with Crippen molar-refractivity contribution < 1.29 is 13.9 Å². The van der Waals surface area contributed by atoms with E-state index in [-0.39, 0.29) is 17.3 Å². The largest absolute Gasteiger partial charge is 0.497 e. The van der Waals surface area contributed by atoms with E-state index in [0.717, 1.165) is 36.4 Å². The number of pyridine rings is 1. The molecule has 1 saturated heterocycles. The molecule has 176 valence electrons. The molecule has 0 aliphatic carbocycles. The summed E-state index contributed by atoms with van der Waals surface area (Å²) in [7, 11) is 1.63. The molecule has 0 bridgehead atoms. The van der Waals surface area contributed by atoms with E-state index in [0.29, 0.717) is 35.7 Å². The van der Waals surface area contributed by atoms with Crippen molar-refractivity contribution in [2.75, 3.05) is 30.4 Å². The number of amides is 2. The number of carbonyl (C=O) groups excluding carboxylic acids is 1. The van der Waals surface area contributed by atoms with Gasteiger partial charge in [-0.2, -0.15) is 0 Å². The zero-order valence-corrected chi connectivity index (χ0v) is 19.8. The molecule has 0 spiro atoms. The number of fused-ring (bicyclic) bond motifs is 1. The van der Waals surface area contributed by atoms with Gasteiger partial charge >= 0.3 is 6.03 Å². The van der Waals surface area contributed by atoms with Crippen LogP contribution in [0.25, 0.3) is 11.1 Å². The SMILES string of the molecule is COc1ccc2c(c1)CN(C(=O)Nc1c(-c3ccccc3F)ccnc1N1CCC(C)(C)C1)C2. The fraction of sp³-hybridized carbons (Fsp3) is 0.333. The van der Waals surface area contributed by atoms with Crippen molar-refractivity contribution in [3.05, 3.63) is 71.7 Å². The van der Waals surface area contributed by atoms with Crippen molar-refractivity contribution in [2.24, 2.45) is 5.41 Å². The van der Waals surface area contributed by atoms with Gasteiger partial charge in [-0.05, 0) is 47.2 Å². The smallest absolute Gasteiger partial charge is 0.322 e. The molecule has 1 N–H and O–H groups in total. The van der Waals surface area contributed by atoms with E-state index in [9.17, 15) is 9.18 Å². The number of ether oxygens (including phenoxy) is 1. The van der Waals surface area contributed by atoms with Crippen LogP contribution in [0.15, 0.2) is 54.7 Å². The summed E-state index contributed by atoms with van der Waals surface area (Å²) in [4.78, 5) is 22.0. The fourth-order valence-corrected chi connectivity index (χ4v) is 4.84. The third kappa shape index (κ3) is 4.18. The second kappa shape index (κ2) is 8.63. The maximum Gasteiger partial charge on any atom is 0.322 e. The van der Waals surface area contributed by atoms with Crippen LogP contribution in [0, 0.1) is 11.2 Å². The van der Waals surface area contributed by atoms with Gasteiger partial charge in [0, 0.05) is 43.5 Å². The summed E-state index contributed by atoms with van der Waals surface area (Å²) in [6, 6.07) is 14.0. The lowest BCUT2D eigenvalue weighted by atomic mass is 9.93. The first-order valence-corrected chi connectivity index (χ1v) is 11.6. The molecule has 0 atom stereocenters. The first kappa shape index (κ1) is 22.2. The van der Waals surface area contributed by atoms with Gasteiger partial charge in [-0.3, -0.25) is 0 Å². The van der Waals surface area contributed by atoms with Gasteiger partial charge in [-0.15, -0.1) is 0 Å². The molecular formula is C27H29FN4O2. The highest BCUT2D eigenvalue weighted by Gasteiger charge is 2.33. The van der Waals surface area contributed by atoms with E-state index in [1.165, 1.54) is 6.07 Å². The maximum absolute atomic E-state index is 14.8. The van der Waals surface area contributed by atoms with Gasteiger partial charge in [0.2, 0.25) is 0 Å². The molecular weight excluding hydrogens is 431 g/mol. The standard InChI is InChI=1S/C27H29FN4O2/c1-27(2)11-13-31(17-27)25-24(22(10-12-29-25)21-6-4-5-7-23(21)28)30-26(33)32-15-18-8-9-20(34-3)14-19(18)16-32/h4-10,12,14H,11,13,15-17H2,1-3H3,(H,30,33). The van der Waals surface area contributed by atoms with Gasteiger partial charge in [-0.25, -0.2) is 14.2 Å². The van der Waals surface area contributed by atoms with Crippen LogP contribution in [0.3, 0.4) is 0 Å². The van der Waals surface area contributed by atoms with Crippen molar-refractivity contribution in [2.45, 2.75) is 33.4 Å². The predicted molar refractivity (Wildman–Crippen MR) is 132 cm³/mol. The van der Waals surface area contributed by atoms with Crippen LogP contribution in [0.2, 0.25) is 0 Å². The van der Waals surface area contributed by atoms with Gasteiger partial charge in [0.05, 0.1) is 12.8 Å². The Morgan fingerprint density at radius 3 is 2.62 bits per heavy atom. The van der Waals surface area contributed by atoms with Crippen LogP contribution in [-0.2, 0) is 13.1 Å². The average Bonchev–Trinajstić information content (AvgIpc) is 3.42. The third-order valence-electron chi connectivity index (χ3n) is 6.73. The minimum absolute atomic E-state index is 0.145. The van der Waals surface area contributed by atoms with Gasteiger partial charge in [-0.1, -0.05) is 38.1 Å². The number of rotatable bonds is 4. The maximum atomic E-state index is 14.8. The molecule has 3 aromatic rings. The summed E-state index contributed by atoms with van der Waals surface area (Å²) in [5.74, 6) is 1.12. The number of urea groups is 1. The number of carbonyl (C=O) groups is 1. The number of nitrogens with one attached hydrogen (secondary N) is 1. The Kier molecular flexibility index (Phi) is 5.63. The zero-order chi connectivity index (χ0) is 23.9. The molecule has 0 radical (unpaired) electrons. The van der Waals surface area contributed by atoms with Crippen molar-refractivity contribution in [1.82, 2.24) is 9.88 Å². The molecule has 2 amide bonds. The van der Waals surface area contributed by atoms with Crippen LogP contribution < -0.4 is 15.0 Å². The lowest BCUT2D eigenvalue weighted by Gasteiger charge is -2.26. The molecule has 2 aliphatic heterocycles. The minimum atomic E-state index is -0.336. The molecule has 6 nitrogen and oxygen atoms in total. The Morgan fingerprint density at radius 2 is 1.88 bits per heavy atom. The van der Waals surface area contributed by atoms with Crippen LogP contribution in [0.1, 0.15) is 31.4 Å². The number of methoxy groups -OCH3 is 1. The second-order valence-electron chi connectivity index (χ2n) is 9.79. The molecule has 1 aromatic heterocycles. The second-order valence-corrected chi connectivity index (χ2v) is 9.79. The molecule has 5 rings (SSSR count). The van der Waals surface area contributed by atoms with E-state index in [2.05, 4.69) is 29.0 Å². The molecule has 2 aliphatic rings. The Bertz CT molecular complexity index is 1240. The Labute approximate surface area is 199 Å².